The van der Waals surface area contributed by atoms with Crippen LogP contribution in [0.4, 0.5) is 5.69 Å². The molecule has 1 aromatic heterocycles. The minimum Gasteiger partial charge on any atom is -0.456 e. The van der Waals surface area contributed by atoms with Gasteiger partial charge in [0.05, 0.1) is 17.6 Å². The van der Waals surface area contributed by atoms with Crippen LogP contribution in [0.1, 0.15) is 16.7 Å². The highest BCUT2D eigenvalue weighted by Gasteiger charge is 2.13. The van der Waals surface area contributed by atoms with Crippen molar-refractivity contribution in [1.29, 1.82) is 5.41 Å². The van der Waals surface area contributed by atoms with Gasteiger partial charge in [0, 0.05) is 33.0 Å². The van der Waals surface area contributed by atoms with Crippen molar-refractivity contribution in [3.8, 4) is 23.0 Å². The fourth-order valence-electron chi connectivity index (χ4n) is 5.34. The van der Waals surface area contributed by atoms with E-state index in [1.54, 1.807) is 6.21 Å². The molecule has 0 atom stereocenters. The van der Waals surface area contributed by atoms with E-state index in [2.05, 4.69) is 83.6 Å². The molecule has 0 aliphatic rings. The summed E-state index contributed by atoms with van der Waals surface area (Å²) in [5.74, 6) is 6.57. The van der Waals surface area contributed by atoms with Gasteiger partial charge in [-0.1, -0.05) is 138 Å². The number of para-hydroxylation sites is 2. The normalized spacial score (nSPS) is 11.1. The van der Waals surface area contributed by atoms with Gasteiger partial charge < -0.3 is 4.42 Å². The average molecular weight is 579 g/mol. The minimum atomic E-state index is 0.432. The molecule has 0 aliphatic carbocycles. The zero-order valence-electron chi connectivity index (χ0n) is 23.8. The Bertz CT molecular complexity index is 2220. The average Bonchev–Trinajstić information content (AvgIpc) is 3.45. The number of hydrogen-bond donors (Lipinski definition) is 1. The molecule has 0 bridgehead atoms. The number of hydrogen-bond acceptors (Lipinski definition) is 3. The Morgan fingerprint density at radius 1 is 0.659 bits per heavy atom. The summed E-state index contributed by atoms with van der Waals surface area (Å²) >= 11 is 0. The summed E-state index contributed by atoms with van der Waals surface area (Å²) in [5.41, 5.74) is 7.47. The third kappa shape index (κ3) is 5.65. The quantitative estimate of drug-likeness (QED) is 0.121. The summed E-state index contributed by atoms with van der Waals surface area (Å²) in [5, 5.41) is 13.4. The van der Waals surface area contributed by atoms with Crippen molar-refractivity contribution in [3.63, 3.8) is 0 Å². The number of fused-ring (bicyclic) bond motifs is 3. The van der Waals surface area contributed by atoms with E-state index in [-0.39, 0.29) is 0 Å². The van der Waals surface area contributed by atoms with E-state index in [1.807, 2.05) is 78.9 Å². The Labute approximate surface area is 258 Å². The molecule has 6 aromatic carbocycles. The van der Waals surface area contributed by atoms with Crippen molar-refractivity contribution in [2.75, 3.05) is 0 Å². The summed E-state index contributed by atoms with van der Waals surface area (Å²) < 4.78 is 6.26. The lowest BCUT2D eigenvalue weighted by molar-refractivity contribution is 0.669. The van der Waals surface area contributed by atoms with Crippen LogP contribution in [-0.4, -0.2) is 21.4 Å². The van der Waals surface area contributed by atoms with E-state index in [0.29, 0.717) is 20.9 Å². The second-order valence-corrected chi connectivity index (χ2v) is 11.8. The Morgan fingerprint density at radius 3 is 2.25 bits per heavy atom. The number of benzene rings is 6. The maximum absolute atomic E-state index is 8.75. The van der Waals surface area contributed by atoms with Gasteiger partial charge in [-0.25, -0.2) is 4.99 Å². The van der Waals surface area contributed by atoms with Crippen LogP contribution in [0.5, 0.6) is 0 Å². The summed E-state index contributed by atoms with van der Waals surface area (Å²) in [6.07, 6.45) is 1.63. The van der Waals surface area contributed by atoms with Gasteiger partial charge in [-0.2, -0.15) is 0 Å². The second-order valence-electron chi connectivity index (χ2n) is 10.3. The van der Waals surface area contributed by atoms with Gasteiger partial charge >= 0.3 is 0 Å². The van der Waals surface area contributed by atoms with Crippen molar-refractivity contribution in [2.45, 2.75) is 0 Å². The van der Waals surface area contributed by atoms with Crippen molar-refractivity contribution in [2.24, 2.45) is 4.99 Å². The van der Waals surface area contributed by atoms with E-state index in [9.17, 15) is 0 Å². The van der Waals surface area contributed by atoms with Crippen molar-refractivity contribution < 1.29 is 4.42 Å². The van der Waals surface area contributed by atoms with Gasteiger partial charge in [0.2, 0.25) is 0 Å². The van der Waals surface area contributed by atoms with E-state index < -0.39 is 0 Å². The number of nitrogens with zero attached hydrogens (tertiary/aromatic N) is 1. The molecule has 1 N–H and O–H groups in total. The summed E-state index contributed by atoms with van der Waals surface area (Å²) in [6, 6.07) is 49.0. The predicted octanol–water partition coefficient (Wildman–Crippen LogP) is 8.08. The van der Waals surface area contributed by atoms with Crippen LogP contribution >= 0.6 is 0 Å². The summed E-state index contributed by atoms with van der Waals surface area (Å²) in [6.45, 7) is 0. The maximum atomic E-state index is 8.75. The first-order valence-electron chi connectivity index (χ1n) is 14.4. The fourth-order valence-corrected chi connectivity index (χ4v) is 6.44. The van der Waals surface area contributed by atoms with Gasteiger partial charge in [-0.3, -0.25) is 5.41 Å². The van der Waals surface area contributed by atoms with E-state index in [0.717, 1.165) is 49.8 Å². The molecule has 0 amide bonds. The molecule has 0 saturated heterocycles. The van der Waals surface area contributed by atoms with E-state index in [1.165, 1.54) is 10.4 Å². The first-order valence-corrected chi connectivity index (χ1v) is 15.4. The van der Waals surface area contributed by atoms with Crippen LogP contribution in [0, 0.1) is 17.3 Å². The van der Waals surface area contributed by atoms with Gasteiger partial charge in [0.15, 0.2) is 0 Å². The standard InChI is InChI=1S/C40H26N2OSi/c41-40(28-13-3-1-4-14-28)34-21-7-9-22-37(34)42-24-12-16-30-26-36-33-20-8-10-23-38(33)43-39(36)27-35(30)29-15-11-19-32(25-29)44-31-17-5-2-6-18-31/h1-11,13-15,17-27,41H. The molecule has 0 spiro atoms. The minimum absolute atomic E-state index is 0.432. The zero-order chi connectivity index (χ0) is 29.7. The number of furan rings is 1. The molecule has 4 heteroatoms. The SMILES string of the molecule is N=C(c1ccccc1)c1ccccc1N=CC#Cc1cc2c(cc1-c1cccc([Si]c3ccccc3)c1)oc1ccccc12. The Morgan fingerprint density at radius 2 is 1.39 bits per heavy atom. The largest absolute Gasteiger partial charge is 0.456 e. The lowest BCUT2D eigenvalue weighted by atomic mass is 9.97. The lowest BCUT2D eigenvalue weighted by Gasteiger charge is -2.08. The molecule has 0 saturated carbocycles. The smallest absolute Gasteiger partial charge is 0.136 e. The molecular formula is C40H26N2OSi. The molecular weight excluding hydrogens is 553 g/mol. The molecule has 206 valence electrons. The zero-order valence-corrected chi connectivity index (χ0v) is 24.8. The third-order valence-corrected chi connectivity index (χ3v) is 8.69. The molecule has 0 unspecified atom stereocenters. The number of rotatable bonds is 6. The fraction of sp³-hybridized carbons (Fsp3) is 0. The first kappa shape index (κ1) is 27.1. The Kier molecular flexibility index (Phi) is 7.53. The molecule has 0 fully saturated rings. The Hall–Kier alpha value is -5.76. The highest BCUT2D eigenvalue weighted by molar-refractivity contribution is 6.67. The molecule has 1 heterocycles. The van der Waals surface area contributed by atoms with E-state index in [4.69, 9.17) is 9.83 Å². The molecule has 7 aromatic rings. The van der Waals surface area contributed by atoms with Gasteiger partial charge in [0.1, 0.15) is 20.7 Å². The van der Waals surface area contributed by atoms with Crippen LogP contribution < -0.4 is 10.4 Å². The van der Waals surface area contributed by atoms with Gasteiger partial charge in [0.25, 0.3) is 0 Å². The highest BCUT2D eigenvalue weighted by Crippen LogP contribution is 2.34. The summed E-state index contributed by atoms with van der Waals surface area (Å²) in [4.78, 5) is 4.68. The molecule has 0 aliphatic heterocycles. The third-order valence-electron chi connectivity index (χ3n) is 7.46. The number of aliphatic imine (C=N–C) groups is 1. The number of nitrogens with one attached hydrogen (secondary N) is 1. The van der Waals surface area contributed by atoms with Crippen LogP contribution in [-0.2, 0) is 0 Å². The first-order chi connectivity index (χ1) is 21.7. The van der Waals surface area contributed by atoms with Crippen molar-refractivity contribution >= 4 is 59.4 Å². The molecule has 7 rings (SSSR count). The van der Waals surface area contributed by atoms with Crippen LogP contribution in [0.3, 0.4) is 0 Å². The van der Waals surface area contributed by atoms with Crippen LogP contribution in [0.15, 0.2) is 155 Å². The predicted molar refractivity (Wildman–Crippen MR) is 184 cm³/mol. The van der Waals surface area contributed by atoms with Gasteiger partial charge in [-0.15, -0.1) is 0 Å². The van der Waals surface area contributed by atoms with Gasteiger partial charge in [-0.05, 0) is 35.7 Å². The highest BCUT2D eigenvalue weighted by atomic mass is 28.2. The van der Waals surface area contributed by atoms with E-state index >= 15 is 0 Å². The topological polar surface area (TPSA) is 49.4 Å². The Balaban J connectivity index is 1.28. The molecule has 44 heavy (non-hydrogen) atoms. The van der Waals surface area contributed by atoms with Crippen LogP contribution in [0.2, 0.25) is 0 Å². The lowest BCUT2D eigenvalue weighted by Crippen LogP contribution is -2.26. The monoisotopic (exact) mass is 578 g/mol. The molecule has 3 nitrogen and oxygen atoms in total. The van der Waals surface area contributed by atoms with Crippen molar-refractivity contribution in [3.05, 3.63) is 162 Å². The van der Waals surface area contributed by atoms with Crippen LogP contribution in [0.25, 0.3) is 33.1 Å². The maximum Gasteiger partial charge on any atom is 0.136 e. The molecule has 2 radical (unpaired) electrons. The second kappa shape index (κ2) is 12.2. The van der Waals surface area contributed by atoms with Crippen molar-refractivity contribution in [1.82, 2.24) is 0 Å². The summed E-state index contributed by atoms with van der Waals surface area (Å²) in [7, 11) is 0.561.